The molecule has 18 heavy (non-hydrogen) atoms. The fourth-order valence-electron chi connectivity index (χ4n) is 1.66. The third kappa shape index (κ3) is 2.60. The summed E-state index contributed by atoms with van der Waals surface area (Å²) in [6.07, 6.45) is 0. The molecular formula is C11H13N7. The van der Waals surface area contributed by atoms with Crippen LogP contribution in [0, 0.1) is 11.3 Å². The van der Waals surface area contributed by atoms with Gasteiger partial charge in [-0.1, -0.05) is 18.2 Å². The molecule has 0 fully saturated rings. The smallest absolute Gasteiger partial charge is 0.179 e. The molecule has 92 valence electrons. The van der Waals surface area contributed by atoms with Crippen LogP contribution in [0.2, 0.25) is 0 Å². The van der Waals surface area contributed by atoms with Crippen molar-refractivity contribution >= 4 is 5.82 Å². The van der Waals surface area contributed by atoms with Gasteiger partial charge in [0.05, 0.1) is 0 Å². The number of nitrogens with zero attached hydrogens (tertiary/aromatic N) is 6. The zero-order valence-electron chi connectivity index (χ0n) is 10.2. The van der Waals surface area contributed by atoms with Gasteiger partial charge in [0, 0.05) is 19.5 Å². The van der Waals surface area contributed by atoms with Gasteiger partial charge in [-0.2, -0.15) is 10.5 Å². The molecule has 0 spiro atoms. The highest BCUT2D eigenvalue weighted by Gasteiger charge is 2.14. The minimum atomic E-state index is 0.126. The van der Waals surface area contributed by atoms with Crippen LogP contribution in [-0.4, -0.2) is 39.2 Å². The van der Waals surface area contributed by atoms with Gasteiger partial charge in [-0.3, -0.25) is 0 Å². The van der Waals surface area contributed by atoms with Crippen LogP contribution in [0.5, 0.6) is 0 Å². The van der Waals surface area contributed by atoms with Gasteiger partial charge in [0.15, 0.2) is 5.82 Å². The minimum Gasteiger partial charge on any atom is -0.359 e. The molecule has 2 aromatic heterocycles. The van der Waals surface area contributed by atoms with E-state index in [4.69, 9.17) is 5.26 Å². The van der Waals surface area contributed by atoms with Crippen LogP contribution in [0.3, 0.4) is 0 Å². The number of nitriles is 1. The molecule has 2 heterocycles. The van der Waals surface area contributed by atoms with Crippen LogP contribution < -0.4 is 4.90 Å². The summed E-state index contributed by atoms with van der Waals surface area (Å²) in [6, 6.07) is 7.39. The lowest BCUT2D eigenvalue weighted by Crippen LogP contribution is -2.24. The Morgan fingerprint density at radius 1 is 1.50 bits per heavy atom. The molecule has 0 aliphatic heterocycles. The van der Waals surface area contributed by atoms with Crippen molar-refractivity contribution in [1.29, 1.82) is 5.26 Å². The third-order valence-corrected chi connectivity index (χ3v) is 2.59. The largest absolute Gasteiger partial charge is 0.359 e. The van der Waals surface area contributed by atoms with Crippen molar-refractivity contribution < 1.29 is 0 Å². The highest BCUT2D eigenvalue weighted by Crippen LogP contribution is 2.15. The number of nitrogens with one attached hydrogen (secondary N) is 1. The monoisotopic (exact) mass is 243 g/mol. The standard InChI is InChI=1S/C11H13N7/c1-8(11-14-16-17-15-11)7-18(2)10-5-3-4-9(6-12)13-10/h3-5,8H,7H2,1-2H3,(H,14,15,16,17)/t8-/m1/s1. The molecule has 0 aliphatic rings. The van der Waals surface area contributed by atoms with Crippen molar-refractivity contribution in [3.8, 4) is 6.07 Å². The molecule has 0 aromatic carbocycles. The molecule has 0 bridgehead atoms. The van der Waals surface area contributed by atoms with Gasteiger partial charge < -0.3 is 4.90 Å². The molecule has 7 heteroatoms. The molecule has 0 radical (unpaired) electrons. The van der Waals surface area contributed by atoms with Crippen LogP contribution in [0.25, 0.3) is 0 Å². The lowest BCUT2D eigenvalue weighted by Gasteiger charge is -2.20. The number of aromatic nitrogens is 5. The van der Waals surface area contributed by atoms with Gasteiger partial charge in [0.1, 0.15) is 17.6 Å². The molecule has 0 amide bonds. The summed E-state index contributed by atoms with van der Waals surface area (Å²) < 4.78 is 0. The maximum atomic E-state index is 8.81. The summed E-state index contributed by atoms with van der Waals surface area (Å²) in [5.74, 6) is 1.55. The molecule has 2 rings (SSSR count). The van der Waals surface area contributed by atoms with E-state index in [0.29, 0.717) is 18.1 Å². The van der Waals surface area contributed by atoms with Gasteiger partial charge >= 0.3 is 0 Å². The predicted molar refractivity (Wildman–Crippen MR) is 64.8 cm³/mol. The van der Waals surface area contributed by atoms with E-state index in [1.54, 1.807) is 6.07 Å². The molecule has 7 nitrogen and oxygen atoms in total. The average molecular weight is 243 g/mol. The zero-order valence-corrected chi connectivity index (χ0v) is 10.2. The number of pyridine rings is 1. The van der Waals surface area contributed by atoms with Crippen molar-refractivity contribution in [1.82, 2.24) is 25.6 Å². The summed E-state index contributed by atoms with van der Waals surface area (Å²) in [6.45, 7) is 2.71. The van der Waals surface area contributed by atoms with Crippen LogP contribution in [0.1, 0.15) is 24.4 Å². The normalized spacial score (nSPS) is 11.8. The quantitative estimate of drug-likeness (QED) is 0.849. The SMILES string of the molecule is C[C@H](CN(C)c1cccc(C#N)n1)c1nn[nH]n1. The Bertz CT molecular complexity index is 543. The number of tetrazole rings is 1. The van der Waals surface area contributed by atoms with Gasteiger partial charge in [-0.15, -0.1) is 10.2 Å². The molecule has 0 aliphatic carbocycles. The Morgan fingerprint density at radius 2 is 2.33 bits per heavy atom. The lowest BCUT2D eigenvalue weighted by molar-refractivity contribution is 0.682. The first-order chi connectivity index (χ1) is 8.70. The molecule has 0 saturated heterocycles. The van der Waals surface area contributed by atoms with E-state index < -0.39 is 0 Å². The molecule has 1 atom stereocenters. The van der Waals surface area contributed by atoms with Crippen molar-refractivity contribution in [2.45, 2.75) is 12.8 Å². The first-order valence-corrected chi connectivity index (χ1v) is 5.52. The molecule has 2 aromatic rings. The van der Waals surface area contributed by atoms with Crippen LogP contribution >= 0.6 is 0 Å². The Morgan fingerprint density at radius 3 is 3.00 bits per heavy atom. The summed E-state index contributed by atoms with van der Waals surface area (Å²) >= 11 is 0. The lowest BCUT2D eigenvalue weighted by atomic mass is 10.1. The van der Waals surface area contributed by atoms with Crippen molar-refractivity contribution in [2.24, 2.45) is 0 Å². The summed E-state index contributed by atoms with van der Waals surface area (Å²) in [7, 11) is 1.92. The van der Waals surface area contributed by atoms with Crippen molar-refractivity contribution in [2.75, 3.05) is 18.5 Å². The first-order valence-electron chi connectivity index (χ1n) is 5.52. The number of likely N-dealkylation sites (N-methyl/N-ethyl adjacent to an activating group) is 1. The van der Waals surface area contributed by atoms with Gasteiger partial charge in [0.2, 0.25) is 0 Å². The third-order valence-electron chi connectivity index (χ3n) is 2.59. The van der Waals surface area contributed by atoms with E-state index in [2.05, 4.69) is 25.6 Å². The summed E-state index contributed by atoms with van der Waals surface area (Å²) in [4.78, 5) is 6.19. The Hall–Kier alpha value is -2.49. The maximum Gasteiger partial charge on any atom is 0.179 e. The summed E-state index contributed by atoms with van der Waals surface area (Å²) in [5, 5.41) is 22.7. The molecular weight excluding hydrogens is 230 g/mol. The maximum absolute atomic E-state index is 8.81. The van der Waals surface area contributed by atoms with Crippen molar-refractivity contribution in [3.63, 3.8) is 0 Å². The molecule has 0 unspecified atom stereocenters. The summed E-state index contributed by atoms with van der Waals surface area (Å²) in [5.41, 5.74) is 0.409. The number of hydrogen-bond acceptors (Lipinski definition) is 6. The Labute approximate surface area is 104 Å². The van der Waals surface area contributed by atoms with Gasteiger partial charge in [0.25, 0.3) is 0 Å². The number of H-pyrrole nitrogens is 1. The van der Waals surface area contributed by atoms with E-state index in [1.807, 2.05) is 37.1 Å². The number of aromatic amines is 1. The first kappa shape index (κ1) is 12.0. The fourth-order valence-corrected chi connectivity index (χ4v) is 1.66. The highest BCUT2D eigenvalue weighted by atomic mass is 15.5. The van der Waals surface area contributed by atoms with Gasteiger partial charge in [-0.25, -0.2) is 4.98 Å². The topological polar surface area (TPSA) is 94.4 Å². The second-order valence-corrected chi connectivity index (χ2v) is 4.04. The van der Waals surface area contributed by atoms with Gasteiger partial charge in [-0.05, 0) is 12.1 Å². The van der Waals surface area contributed by atoms with Crippen molar-refractivity contribution in [3.05, 3.63) is 29.7 Å². The second-order valence-electron chi connectivity index (χ2n) is 4.04. The number of anilines is 1. The van der Waals surface area contributed by atoms with E-state index in [1.165, 1.54) is 0 Å². The van der Waals surface area contributed by atoms with E-state index in [9.17, 15) is 0 Å². The minimum absolute atomic E-state index is 0.126. The predicted octanol–water partition coefficient (Wildman–Crippen LogP) is 0.706. The van der Waals surface area contributed by atoms with E-state index >= 15 is 0 Å². The zero-order chi connectivity index (χ0) is 13.0. The Balaban J connectivity index is 2.07. The van der Waals surface area contributed by atoms with Crippen LogP contribution in [0.15, 0.2) is 18.2 Å². The molecule has 1 N–H and O–H groups in total. The highest BCUT2D eigenvalue weighted by molar-refractivity contribution is 5.41. The average Bonchev–Trinajstić information content (AvgIpc) is 2.92. The Kier molecular flexibility index (Phi) is 3.48. The number of hydrogen-bond donors (Lipinski definition) is 1. The number of rotatable bonds is 4. The van der Waals surface area contributed by atoms with E-state index in [0.717, 1.165) is 5.82 Å². The van der Waals surface area contributed by atoms with E-state index in [-0.39, 0.29) is 5.92 Å². The molecule has 0 saturated carbocycles. The second kappa shape index (κ2) is 5.23. The fraction of sp³-hybridized carbons (Fsp3) is 0.364. The van der Waals surface area contributed by atoms with Crippen LogP contribution in [0.4, 0.5) is 5.82 Å². The van der Waals surface area contributed by atoms with Crippen LogP contribution in [-0.2, 0) is 0 Å².